The van der Waals surface area contributed by atoms with Crippen molar-refractivity contribution in [1.82, 2.24) is 9.62 Å². The molecule has 2 aromatic carbocycles. The first-order valence-electron chi connectivity index (χ1n) is 13.2. The zero-order valence-corrected chi connectivity index (χ0v) is 23.6. The first kappa shape index (κ1) is 30.7. The predicted octanol–water partition coefficient (Wildman–Crippen LogP) is 3.54. The van der Waals surface area contributed by atoms with Gasteiger partial charge in [-0.15, -0.1) is 0 Å². The molecule has 1 saturated carbocycles. The molecule has 0 aliphatic heterocycles. The Morgan fingerprint density at radius 3 is 2.26 bits per heavy atom. The minimum absolute atomic E-state index is 0.0596. The van der Waals surface area contributed by atoms with E-state index in [2.05, 4.69) is 5.32 Å². The summed E-state index contributed by atoms with van der Waals surface area (Å²) in [6.07, 6.45) is 2.30. The molecule has 3 rings (SSSR count). The summed E-state index contributed by atoms with van der Waals surface area (Å²) in [6.45, 7) is 3.87. The molecule has 0 heterocycles. The Balaban J connectivity index is 1.89. The molecule has 0 saturated heterocycles. The van der Waals surface area contributed by atoms with Crippen molar-refractivity contribution in [2.75, 3.05) is 26.8 Å². The summed E-state index contributed by atoms with van der Waals surface area (Å²) in [5.74, 6) is -0.258. The van der Waals surface area contributed by atoms with E-state index >= 15 is 0 Å². The lowest BCUT2D eigenvalue weighted by atomic mass is 9.85. The average Bonchev–Trinajstić information content (AvgIpc) is 3.38. The van der Waals surface area contributed by atoms with Crippen molar-refractivity contribution >= 4 is 21.6 Å². The summed E-state index contributed by atoms with van der Waals surface area (Å²) >= 11 is 0. The van der Waals surface area contributed by atoms with Crippen molar-refractivity contribution in [1.29, 1.82) is 0 Å². The van der Waals surface area contributed by atoms with Gasteiger partial charge in [0.1, 0.15) is 0 Å². The highest BCUT2D eigenvalue weighted by atomic mass is 32.2. The topological polar surface area (TPSA) is 139 Å². The number of ether oxygens (including phenoxy) is 1. The molecule has 0 aromatic heterocycles. The van der Waals surface area contributed by atoms with Gasteiger partial charge in [0.2, 0.25) is 15.9 Å². The molecule has 0 radical (unpaired) electrons. The van der Waals surface area contributed by atoms with Gasteiger partial charge in [0.25, 0.3) is 5.69 Å². The van der Waals surface area contributed by atoms with Crippen LogP contribution in [0.25, 0.3) is 0 Å². The molecule has 10 nitrogen and oxygen atoms in total. The minimum Gasteiger partial charge on any atom is -0.390 e. The fraction of sp³-hybridized carbons (Fsp3) is 0.536. The van der Waals surface area contributed by atoms with E-state index in [-0.39, 0.29) is 42.1 Å². The Morgan fingerprint density at radius 1 is 1.10 bits per heavy atom. The smallest absolute Gasteiger partial charge is 0.269 e. The van der Waals surface area contributed by atoms with Crippen molar-refractivity contribution in [2.24, 2.45) is 11.3 Å². The molecule has 2 N–H and O–H groups in total. The molecule has 1 aliphatic carbocycles. The van der Waals surface area contributed by atoms with Crippen LogP contribution in [0.2, 0.25) is 0 Å². The SMILES string of the molecule is COCC1(C(=O)NC(Cc2ccccc2)C(O)CN(CC(C)C)S(=O)(=O)c2ccc([N+](=O)[O-])cc2)CCCC1. The Bertz CT molecular complexity index is 1200. The number of amides is 1. The molecule has 1 aliphatic rings. The third-order valence-electron chi connectivity index (χ3n) is 7.19. The number of nitro benzene ring substituents is 1. The summed E-state index contributed by atoms with van der Waals surface area (Å²) in [7, 11) is -2.52. The van der Waals surface area contributed by atoms with Crippen molar-refractivity contribution in [3.05, 3.63) is 70.3 Å². The number of benzene rings is 2. The van der Waals surface area contributed by atoms with E-state index in [1.807, 2.05) is 44.2 Å². The van der Waals surface area contributed by atoms with E-state index in [4.69, 9.17) is 4.74 Å². The molecule has 2 atom stereocenters. The summed E-state index contributed by atoms with van der Waals surface area (Å²) in [4.78, 5) is 23.9. The summed E-state index contributed by atoms with van der Waals surface area (Å²) < 4.78 is 33.7. The number of carbonyl (C=O) groups excluding carboxylic acids is 1. The maximum Gasteiger partial charge on any atom is 0.269 e. The van der Waals surface area contributed by atoms with E-state index in [1.54, 1.807) is 7.11 Å². The van der Waals surface area contributed by atoms with E-state index in [0.717, 1.165) is 30.5 Å². The number of nitrogens with zero attached hydrogens (tertiary/aromatic N) is 2. The van der Waals surface area contributed by atoms with Crippen LogP contribution in [0.5, 0.6) is 0 Å². The zero-order valence-electron chi connectivity index (χ0n) is 22.8. The van der Waals surface area contributed by atoms with Gasteiger partial charge in [0.05, 0.1) is 34.0 Å². The van der Waals surface area contributed by atoms with Crippen LogP contribution in [-0.2, 0) is 26.0 Å². The van der Waals surface area contributed by atoms with Crippen LogP contribution in [0.3, 0.4) is 0 Å². The molecule has 39 heavy (non-hydrogen) atoms. The lowest BCUT2D eigenvalue weighted by Crippen LogP contribution is -2.54. The van der Waals surface area contributed by atoms with Gasteiger partial charge >= 0.3 is 0 Å². The molecular formula is C28H39N3O7S. The van der Waals surface area contributed by atoms with Crippen LogP contribution < -0.4 is 5.32 Å². The van der Waals surface area contributed by atoms with Crippen molar-refractivity contribution in [3.8, 4) is 0 Å². The van der Waals surface area contributed by atoms with E-state index < -0.39 is 32.5 Å². The van der Waals surface area contributed by atoms with Gasteiger partial charge in [-0.05, 0) is 42.9 Å². The second-order valence-corrected chi connectivity index (χ2v) is 12.7. The fourth-order valence-electron chi connectivity index (χ4n) is 5.14. The summed E-state index contributed by atoms with van der Waals surface area (Å²) in [6, 6.07) is 13.3. The third kappa shape index (κ3) is 7.84. The second kappa shape index (κ2) is 13.5. The van der Waals surface area contributed by atoms with Gasteiger partial charge < -0.3 is 15.2 Å². The van der Waals surface area contributed by atoms with Gasteiger partial charge in [0.15, 0.2) is 0 Å². The number of nitrogens with one attached hydrogen (secondary N) is 1. The number of aliphatic hydroxyl groups is 1. The number of nitro groups is 1. The molecule has 0 bridgehead atoms. The van der Waals surface area contributed by atoms with E-state index in [9.17, 15) is 28.4 Å². The van der Waals surface area contributed by atoms with Crippen LogP contribution in [-0.4, -0.2) is 67.6 Å². The molecule has 2 aromatic rings. The van der Waals surface area contributed by atoms with E-state index in [1.165, 1.54) is 16.4 Å². The van der Waals surface area contributed by atoms with Gasteiger partial charge in [-0.3, -0.25) is 14.9 Å². The van der Waals surface area contributed by atoms with Crippen LogP contribution in [0, 0.1) is 21.4 Å². The first-order chi connectivity index (χ1) is 18.5. The Morgan fingerprint density at radius 2 is 1.72 bits per heavy atom. The number of rotatable bonds is 14. The first-order valence-corrected chi connectivity index (χ1v) is 14.7. The second-order valence-electron chi connectivity index (χ2n) is 10.7. The normalized spacial score (nSPS) is 16.8. The number of hydrogen-bond acceptors (Lipinski definition) is 7. The molecular weight excluding hydrogens is 522 g/mol. The Hall–Kier alpha value is -2.86. The predicted molar refractivity (Wildman–Crippen MR) is 148 cm³/mol. The highest BCUT2D eigenvalue weighted by Crippen LogP contribution is 2.38. The highest BCUT2D eigenvalue weighted by molar-refractivity contribution is 7.89. The number of methoxy groups -OCH3 is 1. The lowest BCUT2D eigenvalue weighted by Gasteiger charge is -2.34. The maximum absolute atomic E-state index is 13.6. The number of non-ortho nitro benzene ring substituents is 1. The molecule has 2 unspecified atom stereocenters. The van der Waals surface area contributed by atoms with Gasteiger partial charge in [-0.25, -0.2) is 8.42 Å². The zero-order chi connectivity index (χ0) is 28.6. The van der Waals surface area contributed by atoms with Gasteiger partial charge in [0, 0.05) is 32.3 Å². The standard InChI is InChI=1S/C28H39N3O7S/c1-21(2)18-30(39(36,37)24-13-11-23(12-14-24)31(34)35)19-26(32)25(17-22-9-5-4-6-10-22)29-27(33)28(20-38-3)15-7-8-16-28/h4-6,9-14,21,25-26,32H,7-8,15-20H2,1-3H3,(H,29,33). The molecule has 1 amide bonds. The largest absolute Gasteiger partial charge is 0.390 e. The maximum atomic E-state index is 13.6. The molecule has 11 heteroatoms. The third-order valence-corrected chi connectivity index (χ3v) is 9.03. The van der Waals surface area contributed by atoms with Gasteiger partial charge in [-0.1, -0.05) is 57.0 Å². The number of carbonyl (C=O) groups is 1. The summed E-state index contributed by atoms with van der Waals surface area (Å²) in [5, 5.41) is 25.5. The van der Waals surface area contributed by atoms with Crippen LogP contribution in [0.1, 0.15) is 45.1 Å². The Kier molecular flexibility index (Phi) is 10.6. The van der Waals surface area contributed by atoms with Crippen molar-refractivity contribution in [2.45, 2.75) is 63.0 Å². The quantitative estimate of drug-likeness (QED) is 0.266. The van der Waals surface area contributed by atoms with Gasteiger partial charge in [-0.2, -0.15) is 4.31 Å². The van der Waals surface area contributed by atoms with Crippen molar-refractivity contribution in [3.63, 3.8) is 0 Å². The Labute approximate surface area is 230 Å². The lowest BCUT2D eigenvalue weighted by molar-refractivity contribution is -0.384. The number of sulfonamides is 1. The van der Waals surface area contributed by atoms with Crippen LogP contribution in [0.15, 0.2) is 59.5 Å². The number of aliphatic hydroxyl groups excluding tert-OH is 1. The summed E-state index contributed by atoms with van der Waals surface area (Å²) in [5.41, 5.74) is 0.000843. The average molecular weight is 562 g/mol. The van der Waals surface area contributed by atoms with Crippen LogP contribution in [0.4, 0.5) is 5.69 Å². The fourth-order valence-corrected chi connectivity index (χ4v) is 6.76. The monoisotopic (exact) mass is 561 g/mol. The van der Waals surface area contributed by atoms with Crippen molar-refractivity contribution < 1.29 is 28.0 Å². The van der Waals surface area contributed by atoms with E-state index in [0.29, 0.717) is 19.3 Å². The molecule has 1 fully saturated rings. The molecule has 0 spiro atoms. The number of hydrogen-bond donors (Lipinski definition) is 2. The minimum atomic E-state index is -4.09. The van der Waals surface area contributed by atoms with Crippen LogP contribution >= 0.6 is 0 Å². The highest BCUT2D eigenvalue weighted by Gasteiger charge is 2.43. The molecule has 214 valence electrons.